The zero-order chi connectivity index (χ0) is 59.5. The van der Waals surface area contributed by atoms with Crippen LogP contribution < -0.4 is 0 Å². The molecule has 4 aliphatic heterocycles. The van der Waals surface area contributed by atoms with Crippen LogP contribution in [0.2, 0.25) is 0 Å². The van der Waals surface area contributed by atoms with E-state index < -0.39 is 0 Å². The van der Waals surface area contributed by atoms with Crippen LogP contribution in [-0.4, -0.2) is 40.7 Å². The summed E-state index contributed by atoms with van der Waals surface area (Å²) in [6, 6.07) is 79.0. The molecule has 8 aromatic carbocycles. The van der Waals surface area contributed by atoms with Crippen LogP contribution in [0.15, 0.2) is 232 Å². The van der Waals surface area contributed by atoms with Gasteiger partial charge in [-0.15, -0.1) is 144 Å². The molecule has 9 heteroatoms. The summed E-state index contributed by atoms with van der Waals surface area (Å²) in [5.74, 6) is 0.0499. The first-order valence-corrected chi connectivity index (χ1v) is 29.6. The topological polar surface area (TPSA) is 66.5 Å². The molecule has 0 saturated carbocycles. The van der Waals surface area contributed by atoms with Crippen LogP contribution in [0.25, 0.3) is 6.08 Å². The van der Waals surface area contributed by atoms with E-state index in [2.05, 4.69) is 215 Å². The second-order valence-electron chi connectivity index (χ2n) is 25.1. The van der Waals surface area contributed by atoms with Crippen molar-refractivity contribution in [3.05, 3.63) is 303 Å². The molecular weight excluding hydrogens is 1790 g/mol. The van der Waals surface area contributed by atoms with Gasteiger partial charge in [-0.1, -0.05) is 177 Å². The summed E-state index contributed by atoms with van der Waals surface area (Å²) in [5.41, 5.74) is 18.7. The van der Waals surface area contributed by atoms with Crippen molar-refractivity contribution in [3.8, 4) is 0 Å². The van der Waals surface area contributed by atoms with E-state index in [9.17, 15) is 4.79 Å². The fourth-order valence-corrected chi connectivity index (χ4v) is 11.2. The third-order valence-corrected chi connectivity index (χ3v) is 17.6. The quantitative estimate of drug-likeness (QED) is 0.162. The first kappa shape index (κ1) is 72.9. The number of fused-ring (bicyclic) bond motifs is 4. The average Bonchev–Trinajstić information content (AvgIpc) is 1.11. The fourth-order valence-electron chi connectivity index (χ4n) is 11.2. The molecule has 0 N–H and O–H groups in total. The van der Waals surface area contributed by atoms with Crippen LogP contribution >= 0.6 is 0 Å². The van der Waals surface area contributed by atoms with E-state index in [0.29, 0.717) is 6.54 Å². The van der Waals surface area contributed by atoms with E-state index in [1.54, 1.807) is 6.08 Å². The Morgan fingerprint density at radius 2 is 0.909 bits per heavy atom. The summed E-state index contributed by atoms with van der Waals surface area (Å²) in [6.07, 6.45) is 9.08. The second kappa shape index (κ2) is 32.3. The molecule has 4 aliphatic rings. The minimum Gasteiger partial charge on any atom is -0.337 e. The summed E-state index contributed by atoms with van der Waals surface area (Å²) in [7, 11) is 0. The normalized spacial score (nSPS) is 17.0. The molecule has 0 bridgehead atoms. The first-order chi connectivity index (χ1) is 40.3. The van der Waals surface area contributed by atoms with Gasteiger partial charge in [0, 0.05) is 97.9 Å². The van der Waals surface area contributed by atoms with E-state index in [4.69, 9.17) is 15.0 Å². The standard InChI is InChI=1S/C25H32N.C21H20NO.C17H16N.C16H12N.4Ir/c1-22(2)19-16-12-13-17-20(19)23(3,4)25(7,8)26-21(24(22,5)6)18-14-10-9-11-15-18;1-21(2,3)18-13-19(23)17-12-8-7-11-16(17)14-22-20(18)15-9-5-4-6-10-15;1-2-8-16(9-3-1)17-11-10-14-6-4-5-7-15(14)12-13-18-17;1-2-7-14(8-3-1)16-11-10-13-6-4-5-9-15(13)12-17-16;;;;/h9-14,16-17H,1-8H3;4-9,11-13H,14H2,1-3H3;1-8H,10-13H2;1-7,9-11H,12H2;;;;/q4*-1;;;;/b;18-13+,22-20?;;;;;;. The van der Waals surface area contributed by atoms with Crippen molar-refractivity contribution >= 4 is 34.7 Å². The first-order valence-electron chi connectivity index (χ1n) is 29.6. The van der Waals surface area contributed by atoms with Gasteiger partial charge in [0.05, 0.1) is 18.6 Å². The average molecular weight is 1870 g/mol. The molecule has 0 spiro atoms. The van der Waals surface area contributed by atoms with E-state index in [0.717, 1.165) is 88.4 Å². The fraction of sp³-hybridized carbons (Fsp3) is 0.278. The van der Waals surface area contributed by atoms with Crippen LogP contribution in [0, 0.1) is 35.1 Å². The van der Waals surface area contributed by atoms with Gasteiger partial charge in [0.1, 0.15) is 0 Å². The van der Waals surface area contributed by atoms with Crippen molar-refractivity contribution in [1.29, 1.82) is 0 Å². The molecule has 0 saturated heterocycles. The van der Waals surface area contributed by atoms with Gasteiger partial charge in [0.2, 0.25) is 0 Å². The number of allylic oxidation sites excluding steroid dienone is 3. The van der Waals surface area contributed by atoms with Crippen LogP contribution in [0.1, 0.15) is 154 Å². The number of carbonyl (C=O) groups is 1. The maximum absolute atomic E-state index is 12.8. The molecule has 5 nitrogen and oxygen atoms in total. The van der Waals surface area contributed by atoms with Gasteiger partial charge in [0.15, 0.2) is 5.78 Å². The van der Waals surface area contributed by atoms with E-state index in [1.807, 2.05) is 97.1 Å². The number of rotatable bonds is 4. The van der Waals surface area contributed by atoms with Gasteiger partial charge in [-0.3, -0.25) is 4.79 Å². The number of carbonyl (C=O) groups excluding carboxylic acids is 1. The Morgan fingerprint density at radius 1 is 0.432 bits per heavy atom. The summed E-state index contributed by atoms with van der Waals surface area (Å²) < 4.78 is 0. The molecule has 4 radical (unpaired) electrons. The molecule has 12 rings (SSSR count). The Kier molecular flexibility index (Phi) is 26.7. The Bertz CT molecular complexity index is 3780. The molecule has 0 atom stereocenters. The van der Waals surface area contributed by atoms with Gasteiger partial charge in [-0.25, -0.2) is 0 Å². The number of aryl methyl sites for hydroxylation is 1. The second-order valence-corrected chi connectivity index (χ2v) is 25.1. The van der Waals surface area contributed by atoms with Crippen LogP contribution in [0.5, 0.6) is 0 Å². The van der Waals surface area contributed by atoms with Crippen LogP contribution in [0.3, 0.4) is 0 Å². The Hall–Kier alpha value is -5.81. The van der Waals surface area contributed by atoms with Crippen molar-refractivity contribution in [2.75, 3.05) is 6.54 Å². The maximum atomic E-state index is 12.8. The van der Waals surface area contributed by atoms with E-state index in [1.165, 1.54) is 39.1 Å². The molecular formula is C79H80Ir4N4O-4. The van der Waals surface area contributed by atoms with E-state index in [-0.39, 0.29) is 113 Å². The molecule has 0 amide bonds. The summed E-state index contributed by atoms with van der Waals surface area (Å²) in [5, 5.41) is 0. The van der Waals surface area contributed by atoms with Gasteiger partial charge in [-0.05, 0) is 117 Å². The van der Waals surface area contributed by atoms with Gasteiger partial charge < -0.3 is 20.0 Å². The molecule has 0 unspecified atom stereocenters. The van der Waals surface area contributed by atoms with Crippen molar-refractivity contribution in [1.82, 2.24) is 0 Å². The minimum absolute atomic E-state index is 0. The third kappa shape index (κ3) is 17.2. The largest absolute Gasteiger partial charge is 0.337 e. The minimum atomic E-state index is -0.240. The predicted molar refractivity (Wildman–Crippen MR) is 352 cm³/mol. The molecule has 0 fully saturated rings. The van der Waals surface area contributed by atoms with Crippen molar-refractivity contribution < 1.29 is 85.2 Å². The van der Waals surface area contributed by atoms with Gasteiger partial charge in [0.25, 0.3) is 0 Å². The number of benzene rings is 8. The van der Waals surface area contributed by atoms with Gasteiger partial charge >= 0.3 is 0 Å². The van der Waals surface area contributed by atoms with Crippen molar-refractivity contribution in [3.63, 3.8) is 0 Å². The Labute approximate surface area is 579 Å². The smallest absolute Gasteiger partial charge is 0.185 e. The maximum Gasteiger partial charge on any atom is 0.185 e. The summed E-state index contributed by atoms with van der Waals surface area (Å²) in [6.45, 7) is 27.0. The SMILES string of the molecule is CC(C)(C)/C1=C/C(=O)c2ccccc2CN=C1c1[c-]cccc1.CC1(C)N=C(c2[c-]cccc2)C(C)(C)C(C)(C)c2ccccc2C1(C)C.[Ir].[Ir].[Ir].[Ir].[c-]1ccccc1C1=NCCc2ccccc2CC1.[c-]1ccccc1C1=NCc2ccccc2C=C1. The van der Waals surface area contributed by atoms with Crippen LogP contribution in [0.4, 0.5) is 0 Å². The number of aliphatic imine (C=N–C) groups is 4. The summed E-state index contributed by atoms with van der Waals surface area (Å²) in [4.78, 5) is 32.4. The number of hydrogen-bond acceptors (Lipinski definition) is 5. The zero-order valence-electron chi connectivity index (χ0n) is 52.5. The number of hydrogen-bond donors (Lipinski definition) is 0. The van der Waals surface area contributed by atoms with Crippen molar-refractivity contribution in [2.45, 2.75) is 125 Å². The third-order valence-electron chi connectivity index (χ3n) is 17.6. The molecule has 462 valence electrons. The Balaban J connectivity index is 0.000000213. The zero-order valence-corrected chi connectivity index (χ0v) is 62.1. The number of nitrogens with zero attached hydrogens (tertiary/aromatic N) is 4. The van der Waals surface area contributed by atoms with Crippen LogP contribution in [-0.2, 0) is 117 Å². The monoisotopic (exact) mass is 1870 g/mol. The molecule has 8 aromatic rings. The molecule has 0 aliphatic carbocycles. The van der Waals surface area contributed by atoms with Gasteiger partial charge in [-0.2, -0.15) is 0 Å². The molecule has 0 aromatic heterocycles. The molecule has 88 heavy (non-hydrogen) atoms. The Morgan fingerprint density at radius 3 is 1.49 bits per heavy atom. The number of ketones is 1. The van der Waals surface area contributed by atoms with E-state index >= 15 is 0 Å². The summed E-state index contributed by atoms with van der Waals surface area (Å²) >= 11 is 0. The van der Waals surface area contributed by atoms with Crippen molar-refractivity contribution in [2.24, 2.45) is 30.8 Å². The predicted octanol–water partition coefficient (Wildman–Crippen LogP) is 18.0. The molecule has 4 heterocycles.